The van der Waals surface area contributed by atoms with Crippen molar-refractivity contribution in [3.8, 4) is 0 Å². The molecule has 0 fully saturated rings. The second-order valence-electron chi connectivity index (χ2n) is 5.54. The van der Waals surface area contributed by atoms with E-state index in [9.17, 15) is 18.0 Å². The van der Waals surface area contributed by atoms with Crippen molar-refractivity contribution in [1.29, 1.82) is 0 Å². The van der Waals surface area contributed by atoms with E-state index in [1.54, 1.807) is 11.4 Å². The predicted molar refractivity (Wildman–Crippen MR) is 100.0 cm³/mol. The number of carbonyl (C=O) groups excluding carboxylic acids is 2. The van der Waals surface area contributed by atoms with Crippen molar-refractivity contribution in [2.75, 3.05) is 13.2 Å². The zero-order valence-electron chi connectivity index (χ0n) is 14.7. The van der Waals surface area contributed by atoms with Crippen molar-refractivity contribution < 1.29 is 22.7 Å². The van der Waals surface area contributed by atoms with Gasteiger partial charge in [0.2, 0.25) is 5.78 Å². The van der Waals surface area contributed by atoms with Crippen LogP contribution in [0.4, 0.5) is 0 Å². The average molecular weight is 396 g/mol. The highest BCUT2D eigenvalue weighted by Gasteiger charge is 2.18. The van der Waals surface area contributed by atoms with Gasteiger partial charge in [-0.05, 0) is 41.5 Å². The van der Waals surface area contributed by atoms with Crippen molar-refractivity contribution in [2.24, 2.45) is 0 Å². The lowest BCUT2D eigenvalue weighted by atomic mass is 9.98. The van der Waals surface area contributed by atoms with E-state index < -0.39 is 29.1 Å². The molecule has 2 rings (SSSR count). The molecule has 0 aliphatic carbocycles. The highest BCUT2D eigenvalue weighted by Crippen LogP contribution is 2.16. The van der Waals surface area contributed by atoms with Gasteiger partial charge in [-0.2, -0.15) is 4.72 Å². The molecule has 6 nitrogen and oxygen atoms in total. The lowest BCUT2D eigenvalue weighted by Gasteiger charge is -2.10. The van der Waals surface area contributed by atoms with Crippen LogP contribution in [0.15, 0.2) is 39.9 Å². The van der Waals surface area contributed by atoms with Crippen LogP contribution in [0, 0.1) is 0 Å². The summed E-state index contributed by atoms with van der Waals surface area (Å²) in [6.07, 6.45) is 1.49. The molecule has 0 aliphatic heterocycles. The molecule has 0 unspecified atom stereocenters. The molecule has 0 aliphatic rings. The van der Waals surface area contributed by atoms with Crippen molar-refractivity contribution in [3.05, 3.63) is 52.4 Å². The lowest BCUT2D eigenvalue weighted by Crippen LogP contribution is -2.31. The molecule has 0 atom stereocenters. The molecular formula is C18H21NO5S2. The number of ether oxygens (including phenoxy) is 1. The van der Waals surface area contributed by atoms with Crippen LogP contribution in [0.3, 0.4) is 0 Å². The van der Waals surface area contributed by atoms with Crippen molar-refractivity contribution in [3.63, 3.8) is 0 Å². The minimum absolute atomic E-state index is 0.116. The number of carbonyl (C=O) groups is 2. The molecule has 2 aromatic rings. The molecule has 0 bridgehead atoms. The molecule has 140 valence electrons. The van der Waals surface area contributed by atoms with E-state index in [1.165, 1.54) is 6.07 Å². The lowest BCUT2D eigenvalue weighted by molar-refractivity contribution is -0.141. The molecule has 1 aromatic heterocycles. The Balaban J connectivity index is 1.92. The first-order valence-corrected chi connectivity index (χ1v) is 10.6. The number of aryl methyl sites for hydroxylation is 2. The Morgan fingerprint density at radius 3 is 2.54 bits per heavy atom. The highest BCUT2D eigenvalue weighted by atomic mass is 32.2. The Morgan fingerprint density at radius 2 is 1.92 bits per heavy atom. The van der Waals surface area contributed by atoms with Gasteiger partial charge in [-0.15, -0.1) is 11.3 Å². The fraction of sp³-hybridized carbons (Fsp3) is 0.333. The van der Waals surface area contributed by atoms with Crippen molar-refractivity contribution in [1.82, 2.24) is 4.72 Å². The average Bonchev–Trinajstić information content (AvgIpc) is 3.19. The molecule has 0 radical (unpaired) electrons. The van der Waals surface area contributed by atoms with E-state index in [4.69, 9.17) is 4.74 Å². The normalized spacial score (nSPS) is 11.3. The summed E-state index contributed by atoms with van der Waals surface area (Å²) in [5, 5.41) is 1.63. The maximum atomic E-state index is 12.4. The summed E-state index contributed by atoms with van der Waals surface area (Å²) < 4.78 is 31.1. The van der Waals surface area contributed by atoms with Gasteiger partial charge in [0.1, 0.15) is 10.8 Å². The smallest absolute Gasteiger partial charge is 0.321 e. The molecule has 1 N–H and O–H groups in total. The third kappa shape index (κ3) is 5.23. The SMILES string of the molecule is CCc1ccc(CC)c(C(=O)COC(=O)CNS(=O)(=O)c2cccs2)c1. The molecule has 26 heavy (non-hydrogen) atoms. The fourth-order valence-corrected chi connectivity index (χ4v) is 4.33. The number of sulfonamides is 1. The van der Waals surface area contributed by atoms with Crippen LogP contribution in [-0.4, -0.2) is 33.3 Å². The van der Waals surface area contributed by atoms with Gasteiger partial charge in [0, 0.05) is 5.56 Å². The number of esters is 1. The largest absolute Gasteiger partial charge is 0.456 e. The molecule has 0 spiro atoms. The number of nitrogens with one attached hydrogen (secondary N) is 1. The van der Waals surface area contributed by atoms with Crippen LogP contribution >= 0.6 is 11.3 Å². The monoisotopic (exact) mass is 395 g/mol. The van der Waals surface area contributed by atoms with Gasteiger partial charge in [0.25, 0.3) is 10.0 Å². The van der Waals surface area contributed by atoms with Crippen LogP contribution in [0.1, 0.15) is 35.3 Å². The zero-order chi connectivity index (χ0) is 19.2. The number of benzene rings is 1. The maximum absolute atomic E-state index is 12.4. The molecule has 1 heterocycles. The minimum Gasteiger partial charge on any atom is -0.456 e. The fourth-order valence-electron chi connectivity index (χ4n) is 2.33. The number of hydrogen-bond acceptors (Lipinski definition) is 6. The molecule has 1 aromatic carbocycles. The van der Waals surface area contributed by atoms with Crippen molar-refractivity contribution in [2.45, 2.75) is 30.9 Å². The first-order chi connectivity index (χ1) is 12.4. The third-order valence-electron chi connectivity index (χ3n) is 3.79. The molecular weight excluding hydrogens is 374 g/mol. The molecule has 0 amide bonds. The van der Waals surface area contributed by atoms with Gasteiger partial charge in [0.05, 0.1) is 0 Å². The first kappa shape index (κ1) is 20.3. The van der Waals surface area contributed by atoms with E-state index >= 15 is 0 Å². The van der Waals surface area contributed by atoms with Gasteiger partial charge in [-0.3, -0.25) is 9.59 Å². The number of Topliss-reactive ketones (excluding diaryl/α,β-unsaturated/α-hetero) is 1. The number of hydrogen-bond donors (Lipinski definition) is 1. The minimum atomic E-state index is -3.74. The Hall–Kier alpha value is -2.03. The van der Waals surface area contributed by atoms with E-state index in [-0.39, 0.29) is 9.99 Å². The van der Waals surface area contributed by atoms with Crippen LogP contribution in [0.25, 0.3) is 0 Å². The molecule has 0 saturated heterocycles. The summed E-state index contributed by atoms with van der Waals surface area (Å²) in [6.45, 7) is 3.00. The Bertz CT molecular complexity index is 873. The van der Waals surface area contributed by atoms with Gasteiger partial charge >= 0.3 is 5.97 Å². The highest BCUT2D eigenvalue weighted by molar-refractivity contribution is 7.91. The maximum Gasteiger partial charge on any atom is 0.321 e. The van der Waals surface area contributed by atoms with E-state index in [2.05, 4.69) is 4.72 Å². The van der Waals surface area contributed by atoms with Crippen LogP contribution < -0.4 is 4.72 Å². The van der Waals surface area contributed by atoms with Gasteiger partial charge in [-0.25, -0.2) is 8.42 Å². The number of ketones is 1. The first-order valence-electron chi connectivity index (χ1n) is 8.21. The van der Waals surface area contributed by atoms with Crippen LogP contribution in [-0.2, 0) is 32.4 Å². The Kier molecular flexibility index (Phi) is 7.07. The van der Waals surface area contributed by atoms with Crippen LogP contribution in [0.2, 0.25) is 0 Å². The van der Waals surface area contributed by atoms with E-state index in [0.29, 0.717) is 12.0 Å². The second-order valence-corrected chi connectivity index (χ2v) is 8.48. The summed E-state index contributed by atoms with van der Waals surface area (Å²) >= 11 is 1.05. The standard InChI is InChI=1S/C18H21NO5S2/c1-3-13-7-8-14(4-2)15(10-13)16(20)12-24-17(21)11-19-26(22,23)18-6-5-9-25-18/h5-10,19H,3-4,11-12H2,1-2H3. The quantitative estimate of drug-likeness (QED) is 0.521. The Morgan fingerprint density at radius 1 is 1.15 bits per heavy atom. The van der Waals surface area contributed by atoms with Crippen molar-refractivity contribution >= 4 is 33.1 Å². The number of thiophene rings is 1. The van der Waals surface area contributed by atoms with E-state index in [1.807, 2.05) is 32.0 Å². The predicted octanol–water partition coefficient (Wildman–Crippen LogP) is 2.58. The summed E-state index contributed by atoms with van der Waals surface area (Å²) in [5.74, 6) is -1.10. The summed E-state index contributed by atoms with van der Waals surface area (Å²) in [6, 6.07) is 8.74. The summed E-state index contributed by atoms with van der Waals surface area (Å²) in [7, 11) is -3.74. The Labute approximate surface area is 157 Å². The van der Waals surface area contributed by atoms with E-state index in [0.717, 1.165) is 28.9 Å². The molecule has 8 heteroatoms. The summed E-state index contributed by atoms with van der Waals surface area (Å²) in [4.78, 5) is 24.1. The summed E-state index contributed by atoms with van der Waals surface area (Å²) in [5.41, 5.74) is 2.46. The zero-order valence-corrected chi connectivity index (χ0v) is 16.3. The topological polar surface area (TPSA) is 89.5 Å². The molecule has 0 saturated carbocycles. The van der Waals surface area contributed by atoms with Gasteiger partial charge in [0.15, 0.2) is 6.61 Å². The van der Waals surface area contributed by atoms with Gasteiger partial charge < -0.3 is 4.74 Å². The number of rotatable bonds is 9. The second kappa shape index (κ2) is 9.07. The van der Waals surface area contributed by atoms with Gasteiger partial charge in [-0.1, -0.05) is 32.0 Å². The third-order valence-corrected chi connectivity index (χ3v) is 6.59. The van der Waals surface area contributed by atoms with Crippen LogP contribution in [0.5, 0.6) is 0 Å².